The minimum absolute atomic E-state index is 0.0669. The second-order valence-corrected chi connectivity index (χ2v) is 7.82. The SMILES string of the molecule is COc1cccc(CC(=O)N2CCN(C(C)C(=O)Nc3ccc(C#N)c(Cl)c3)CC2)c1. The molecule has 31 heavy (non-hydrogen) atoms. The van der Waals surface area contributed by atoms with Gasteiger partial charge in [0.2, 0.25) is 11.8 Å². The maximum atomic E-state index is 12.7. The van der Waals surface area contributed by atoms with Gasteiger partial charge in [-0.05, 0) is 42.8 Å². The number of nitrogens with one attached hydrogen (secondary N) is 1. The quantitative estimate of drug-likeness (QED) is 0.746. The van der Waals surface area contributed by atoms with Crippen LogP contribution in [-0.4, -0.2) is 60.9 Å². The molecule has 0 saturated carbocycles. The van der Waals surface area contributed by atoms with Crippen LogP contribution in [0.2, 0.25) is 5.02 Å². The van der Waals surface area contributed by atoms with Gasteiger partial charge in [-0.1, -0.05) is 23.7 Å². The topological polar surface area (TPSA) is 85.7 Å². The standard InChI is InChI=1S/C23H25ClN4O3/c1-16(23(30)26-19-7-6-18(15-25)21(24)14-19)27-8-10-28(11-9-27)22(29)13-17-4-3-5-20(12-17)31-2/h3-7,12,14,16H,8-11,13H2,1-2H3,(H,26,30). The van der Waals surface area contributed by atoms with Gasteiger partial charge in [-0.3, -0.25) is 14.5 Å². The molecule has 0 aromatic heterocycles. The number of rotatable bonds is 6. The maximum Gasteiger partial charge on any atom is 0.241 e. The van der Waals surface area contributed by atoms with Crippen molar-refractivity contribution in [3.05, 3.63) is 58.6 Å². The summed E-state index contributed by atoms with van der Waals surface area (Å²) in [4.78, 5) is 29.2. The number of halogens is 1. The molecule has 0 bridgehead atoms. The Morgan fingerprint density at radius 1 is 1.19 bits per heavy atom. The number of methoxy groups -OCH3 is 1. The zero-order chi connectivity index (χ0) is 22.4. The van der Waals surface area contributed by atoms with E-state index in [4.69, 9.17) is 21.6 Å². The molecule has 1 saturated heterocycles. The van der Waals surface area contributed by atoms with Crippen LogP contribution in [0.1, 0.15) is 18.1 Å². The number of benzene rings is 2. The van der Waals surface area contributed by atoms with Crippen molar-refractivity contribution in [2.45, 2.75) is 19.4 Å². The number of nitriles is 1. The molecule has 1 fully saturated rings. The number of hydrogen-bond donors (Lipinski definition) is 1. The fourth-order valence-electron chi connectivity index (χ4n) is 3.52. The van der Waals surface area contributed by atoms with E-state index in [0.717, 1.165) is 11.3 Å². The lowest BCUT2D eigenvalue weighted by Crippen LogP contribution is -2.54. The zero-order valence-corrected chi connectivity index (χ0v) is 18.4. The predicted molar refractivity (Wildman–Crippen MR) is 119 cm³/mol. The van der Waals surface area contributed by atoms with Crippen molar-refractivity contribution in [1.29, 1.82) is 5.26 Å². The molecule has 0 radical (unpaired) electrons. The molecule has 1 N–H and O–H groups in total. The molecular weight excluding hydrogens is 416 g/mol. The third kappa shape index (κ3) is 5.75. The molecular formula is C23H25ClN4O3. The molecule has 1 atom stereocenters. The fourth-order valence-corrected chi connectivity index (χ4v) is 3.75. The molecule has 3 rings (SSSR count). The number of amides is 2. The Kier molecular flexibility index (Phi) is 7.50. The van der Waals surface area contributed by atoms with E-state index in [9.17, 15) is 9.59 Å². The summed E-state index contributed by atoms with van der Waals surface area (Å²) in [6.07, 6.45) is 0.326. The summed E-state index contributed by atoms with van der Waals surface area (Å²) in [6, 6.07) is 14.0. The van der Waals surface area contributed by atoms with Gasteiger partial charge in [0, 0.05) is 31.9 Å². The van der Waals surface area contributed by atoms with Crippen LogP contribution in [0.25, 0.3) is 0 Å². The van der Waals surface area contributed by atoms with E-state index in [1.807, 2.05) is 42.2 Å². The van der Waals surface area contributed by atoms with Crippen LogP contribution in [0.4, 0.5) is 5.69 Å². The molecule has 1 heterocycles. The predicted octanol–water partition coefficient (Wildman–Crippen LogP) is 2.93. The largest absolute Gasteiger partial charge is 0.497 e. The third-order valence-electron chi connectivity index (χ3n) is 5.44. The normalized spacial score (nSPS) is 15.1. The average Bonchev–Trinajstić information content (AvgIpc) is 2.79. The molecule has 2 amide bonds. The number of anilines is 1. The van der Waals surface area contributed by atoms with Gasteiger partial charge in [-0.25, -0.2) is 0 Å². The van der Waals surface area contributed by atoms with Crippen LogP contribution < -0.4 is 10.1 Å². The Hall–Kier alpha value is -3.08. The first kappa shape index (κ1) is 22.6. The highest BCUT2D eigenvalue weighted by molar-refractivity contribution is 6.32. The maximum absolute atomic E-state index is 12.7. The van der Waals surface area contributed by atoms with Crippen molar-refractivity contribution >= 4 is 29.1 Å². The molecule has 8 heteroatoms. The number of nitrogens with zero attached hydrogens (tertiary/aromatic N) is 3. The molecule has 1 aliphatic heterocycles. The van der Waals surface area contributed by atoms with Crippen molar-refractivity contribution in [3.8, 4) is 11.8 Å². The summed E-state index contributed by atoms with van der Waals surface area (Å²) in [5.41, 5.74) is 1.83. The van der Waals surface area contributed by atoms with Crippen LogP contribution in [-0.2, 0) is 16.0 Å². The van der Waals surface area contributed by atoms with E-state index in [1.165, 1.54) is 0 Å². The monoisotopic (exact) mass is 440 g/mol. The van der Waals surface area contributed by atoms with Gasteiger partial charge >= 0.3 is 0 Å². The molecule has 2 aromatic carbocycles. The highest BCUT2D eigenvalue weighted by Crippen LogP contribution is 2.21. The average molecular weight is 441 g/mol. The number of piperazine rings is 1. The Morgan fingerprint density at radius 2 is 1.94 bits per heavy atom. The zero-order valence-electron chi connectivity index (χ0n) is 17.6. The summed E-state index contributed by atoms with van der Waals surface area (Å²) in [6.45, 7) is 4.22. The number of carbonyl (C=O) groups excluding carboxylic acids is 2. The van der Waals surface area contributed by atoms with Crippen LogP contribution in [0.3, 0.4) is 0 Å². The number of hydrogen-bond acceptors (Lipinski definition) is 5. The first-order valence-electron chi connectivity index (χ1n) is 10.1. The third-order valence-corrected chi connectivity index (χ3v) is 5.75. The summed E-state index contributed by atoms with van der Waals surface area (Å²) in [7, 11) is 1.60. The smallest absolute Gasteiger partial charge is 0.241 e. The van der Waals surface area contributed by atoms with Crippen LogP contribution >= 0.6 is 11.6 Å². The lowest BCUT2D eigenvalue weighted by molar-refractivity contribution is -0.133. The summed E-state index contributed by atoms with van der Waals surface area (Å²) >= 11 is 6.03. The van der Waals surface area contributed by atoms with Gasteiger partial charge in [-0.2, -0.15) is 5.26 Å². The molecule has 7 nitrogen and oxygen atoms in total. The molecule has 1 unspecified atom stereocenters. The van der Waals surface area contributed by atoms with E-state index < -0.39 is 0 Å². The highest BCUT2D eigenvalue weighted by Gasteiger charge is 2.27. The van der Waals surface area contributed by atoms with E-state index >= 15 is 0 Å². The van der Waals surface area contributed by atoms with Crippen LogP contribution in [0.15, 0.2) is 42.5 Å². The Balaban J connectivity index is 1.51. The van der Waals surface area contributed by atoms with Gasteiger partial charge in [0.05, 0.1) is 30.2 Å². The highest BCUT2D eigenvalue weighted by atomic mass is 35.5. The first-order valence-corrected chi connectivity index (χ1v) is 10.4. The van der Waals surface area contributed by atoms with Crippen LogP contribution in [0, 0.1) is 11.3 Å². The van der Waals surface area contributed by atoms with E-state index in [2.05, 4.69) is 10.2 Å². The fraction of sp³-hybridized carbons (Fsp3) is 0.348. The number of ether oxygens (including phenoxy) is 1. The second-order valence-electron chi connectivity index (χ2n) is 7.42. The van der Waals surface area contributed by atoms with Crippen molar-refractivity contribution in [1.82, 2.24) is 9.80 Å². The van der Waals surface area contributed by atoms with Crippen molar-refractivity contribution < 1.29 is 14.3 Å². The van der Waals surface area contributed by atoms with E-state index in [0.29, 0.717) is 48.9 Å². The molecule has 162 valence electrons. The summed E-state index contributed by atoms with van der Waals surface area (Å²) in [5.74, 6) is 0.646. The van der Waals surface area contributed by atoms with Gasteiger partial charge in [0.1, 0.15) is 11.8 Å². The molecule has 0 aliphatic carbocycles. The van der Waals surface area contributed by atoms with Gasteiger partial charge in [0.25, 0.3) is 0 Å². The Labute approximate surface area is 187 Å². The lowest BCUT2D eigenvalue weighted by atomic mass is 10.1. The van der Waals surface area contributed by atoms with Gasteiger partial charge in [0.15, 0.2) is 0 Å². The molecule has 1 aliphatic rings. The van der Waals surface area contributed by atoms with E-state index in [-0.39, 0.29) is 17.9 Å². The lowest BCUT2D eigenvalue weighted by Gasteiger charge is -2.37. The van der Waals surface area contributed by atoms with Gasteiger partial charge in [-0.15, -0.1) is 0 Å². The first-order chi connectivity index (χ1) is 14.9. The van der Waals surface area contributed by atoms with Crippen molar-refractivity contribution in [3.63, 3.8) is 0 Å². The summed E-state index contributed by atoms with van der Waals surface area (Å²) in [5, 5.41) is 12.1. The molecule has 2 aromatic rings. The number of carbonyl (C=O) groups is 2. The minimum atomic E-state index is -0.356. The van der Waals surface area contributed by atoms with Crippen LogP contribution in [0.5, 0.6) is 5.75 Å². The molecule has 0 spiro atoms. The Morgan fingerprint density at radius 3 is 2.58 bits per heavy atom. The van der Waals surface area contributed by atoms with Crippen molar-refractivity contribution in [2.24, 2.45) is 0 Å². The van der Waals surface area contributed by atoms with Gasteiger partial charge < -0.3 is 15.0 Å². The minimum Gasteiger partial charge on any atom is -0.497 e. The summed E-state index contributed by atoms with van der Waals surface area (Å²) < 4.78 is 5.21. The van der Waals surface area contributed by atoms with Crippen molar-refractivity contribution in [2.75, 3.05) is 38.6 Å². The second kappa shape index (κ2) is 10.3. The Bertz CT molecular complexity index is 997. The van der Waals surface area contributed by atoms with E-state index in [1.54, 1.807) is 25.3 Å².